The van der Waals surface area contributed by atoms with E-state index in [4.69, 9.17) is 9.78 Å². The predicted molar refractivity (Wildman–Crippen MR) is 138 cm³/mol. The Morgan fingerprint density at radius 3 is 1.16 bits per heavy atom. The lowest BCUT2D eigenvalue weighted by molar-refractivity contribution is -0.103. The van der Waals surface area contributed by atoms with Crippen molar-refractivity contribution in [2.24, 2.45) is 11.8 Å². The highest BCUT2D eigenvalue weighted by atomic mass is 17.2. The van der Waals surface area contributed by atoms with E-state index >= 15 is 0 Å². The van der Waals surface area contributed by atoms with Gasteiger partial charge in [0.2, 0.25) is 0 Å². The Morgan fingerprint density at radius 1 is 0.594 bits per heavy atom. The fourth-order valence-electron chi connectivity index (χ4n) is 4.17. The molecule has 0 aliphatic carbocycles. The molecule has 2 nitrogen and oxygen atoms in total. The van der Waals surface area contributed by atoms with Crippen LogP contribution in [0.2, 0.25) is 0 Å². The minimum Gasteiger partial charge on any atom is -0.290 e. The van der Waals surface area contributed by atoms with Gasteiger partial charge in [0.15, 0.2) is 11.5 Å². The second kappa shape index (κ2) is 9.89. The van der Waals surface area contributed by atoms with Crippen LogP contribution in [-0.4, -0.2) is 0 Å². The van der Waals surface area contributed by atoms with Gasteiger partial charge in [-0.15, -0.1) is 0 Å². The summed E-state index contributed by atoms with van der Waals surface area (Å²) in [5.74, 6) is 2.86. The van der Waals surface area contributed by atoms with Gasteiger partial charge in [-0.2, -0.15) is 0 Å². The number of aryl methyl sites for hydroxylation is 2. The molecular formula is C30H46O2. The second-order valence-corrected chi connectivity index (χ2v) is 12.4. The summed E-state index contributed by atoms with van der Waals surface area (Å²) in [5.41, 5.74) is 7.58. The molecule has 0 unspecified atom stereocenters. The van der Waals surface area contributed by atoms with Gasteiger partial charge < -0.3 is 0 Å². The summed E-state index contributed by atoms with van der Waals surface area (Å²) >= 11 is 0. The summed E-state index contributed by atoms with van der Waals surface area (Å²) in [6.45, 7) is 26.8. The molecule has 2 aromatic carbocycles. The topological polar surface area (TPSA) is 18.5 Å². The molecule has 0 saturated carbocycles. The van der Waals surface area contributed by atoms with Crippen molar-refractivity contribution in [3.63, 3.8) is 0 Å². The first-order valence-corrected chi connectivity index (χ1v) is 12.2. The van der Waals surface area contributed by atoms with Gasteiger partial charge in [0.05, 0.1) is 0 Å². The maximum Gasteiger partial charge on any atom is 0.182 e. The van der Waals surface area contributed by atoms with E-state index in [1.165, 1.54) is 33.4 Å². The molecule has 0 bridgehead atoms. The highest BCUT2D eigenvalue weighted by molar-refractivity contribution is 5.47. The molecule has 0 atom stereocenters. The van der Waals surface area contributed by atoms with Gasteiger partial charge in [-0.3, -0.25) is 9.78 Å². The number of rotatable bonds is 7. The van der Waals surface area contributed by atoms with Crippen LogP contribution in [0.1, 0.15) is 103 Å². The number of hydrogen-bond donors (Lipinski definition) is 0. The van der Waals surface area contributed by atoms with Crippen molar-refractivity contribution >= 4 is 0 Å². The molecule has 0 radical (unpaired) electrons. The van der Waals surface area contributed by atoms with E-state index < -0.39 is 0 Å². The Labute approximate surface area is 197 Å². The van der Waals surface area contributed by atoms with Crippen LogP contribution in [0.15, 0.2) is 24.3 Å². The molecule has 2 aromatic rings. The van der Waals surface area contributed by atoms with Crippen molar-refractivity contribution in [2.75, 3.05) is 0 Å². The molecule has 0 fully saturated rings. The zero-order chi connectivity index (χ0) is 24.4. The largest absolute Gasteiger partial charge is 0.290 e. The van der Waals surface area contributed by atoms with E-state index in [9.17, 15) is 0 Å². The minimum absolute atomic E-state index is 0.0397. The third kappa shape index (κ3) is 6.77. The van der Waals surface area contributed by atoms with Crippen LogP contribution in [0.25, 0.3) is 0 Å². The standard InChI is InChI=1S/C30H46O2/c1-19(2)13-23-17-25(29(7,8)9)27(15-21(23)5)31-32-28-16-22(6)24(14-20(3)4)18-26(28)30(10,11)12/h15-20H,13-14H2,1-12H3. The Morgan fingerprint density at radius 2 is 0.906 bits per heavy atom. The third-order valence-electron chi connectivity index (χ3n) is 5.97. The first-order valence-electron chi connectivity index (χ1n) is 12.2. The monoisotopic (exact) mass is 438 g/mol. The zero-order valence-corrected chi connectivity index (χ0v) is 22.7. The summed E-state index contributed by atoms with van der Waals surface area (Å²) in [6, 6.07) is 8.93. The van der Waals surface area contributed by atoms with Crippen LogP contribution in [0.3, 0.4) is 0 Å². The van der Waals surface area contributed by atoms with Crippen LogP contribution in [-0.2, 0) is 23.7 Å². The minimum atomic E-state index is -0.0397. The molecule has 178 valence electrons. The quantitative estimate of drug-likeness (QED) is 0.318. The van der Waals surface area contributed by atoms with Crippen molar-refractivity contribution < 1.29 is 9.78 Å². The number of benzene rings is 2. The maximum absolute atomic E-state index is 6.10. The van der Waals surface area contributed by atoms with Crippen molar-refractivity contribution in [3.8, 4) is 11.5 Å². The van der Waals surface area contributed by atoms with Gasteiger partial charge in [0.25, 0.3) is 0 Å². The van der Waals surface area contributed by atoms with Crippen molar-refractivity contribution in [3.05, 3.63) is 57.6 Å². The molecule has 0 N–H and O–H groups in total. The summed E-state index contributed by atoms with van der Waals surface area (Å²) in [7, 11) is 0. The molecule has 2 rings (SSSR count). The van der Waals surface area contributed by atoms with Crippen LogP contribution in [0.4, 0.5) is 0 Å². The van der Waals surface area contributed by atoms with Gasteiger partial charge in [-0.25, -0.2) is 0 Å². The predicted octanol–water partition coefficient (Wildman–Crippen LogP) is 8.67. The van der Waals surface area contributed by atoms with Crippen LogP contribution < -0.4 is 9.78 Å². The summed E-state index contributed by atoms with van der Waals surface area (Å²) < 4.78 is 0. The lowest BCUT2D eigenvalue weighted by Crippen LogP contribution is -2.18. The average Bonchev–Trinajstić information content (AvgIpc) is 2.61. The molecule has 0 aromatic heterocycles. The van der Waals surface area contributed by atoms with Crippen LogP contribution in [0.5, 0.6) is 11.5 Å². The molecule has 32 heavy (non-hydrogen) atoms. The highest BCUT2D eigenvalue weighted by Crippen LogP contribution is 2.38. The first kappa shape index (κ1) is 26.3. The smallest absolute Gasteiger partial charge is 0.182 e. The fourth-order valence-corrected chi connectivity index (χ4v) is 4.17. The summed E-state index contributed by atoms with van der Waals surface area (Å²) in [4.78, 5) is 12.2. The lowest BCUT2D eigenvalue weighted by Gasteiger charge is -2.26. The number of hydrogen-bond acceptors (Lipinski definition) is 2. The Bertz CT molecular complexity index is 844. The Kier molecular flexibility index (Phi) is 8.13. The molecule has 0 aliphatic rings. The molecule has 0 spiro atoms. The zero-order valence-electron chi connectivity index (χ0n) is 22.7. The van der Waals surface area contributed by atoms with Gasteiger partial charge >= 0.3 is 0 Å². The maximum atomic E-state index is 6.10. The summed E-state index contributed by atoms with van der Waals surface area (Å²) in [6.07, 6.45) is 2.14. The SMILES string of the molecule is Cc1cc(OOc2cc(C)c(CC(C)C)cc2C(C)(C)C)c(C(C)(C)C)cc1CC(C)C. The lowest BCUT2D eigenvalue weighted by atomic mass is 9.83. The molecular weight excluding hydrogens is 392 g/mol. The van der Waals surface area contributed by atoms with E-state index in [2.05, 4.69) is 107 Å². The van der Waals surface area contributed by atoms with E-state index in [0.29, 0.717) is 11.8 Å². The molecule has 0 amide bonds. The van der Waals surface area contributed by atoms with E-state index in [1.54, 1.807) is 0 Å². The van der Waals surface area contributed by atoms with E-state index in [0.717, 1.165) is 24.3 Å². The average molecular weight is 439 g/mol. The van der Waals surface area contributed by atoms with Crippen molar-refractivity contribution in [1.29, 1.82) is 0 Å². The van der Waals surface area contributed by atoms with Gasteiger partial charge in [0.1, 0.15) is 0 Å². The molecule has 0 saturated heterocycles. The van der Waals surface area contributed by atoms with Crippen LogP contribution >= 0.6 is 0 Å². The molecule has 2 heteroatoms. The first-order chi connectivity index (χ1) is 14.6. The second-order valence-electron chi connectivity index (χ2n) is 12.4. The van der Waals surface area contributed by atoms with E-state index in [1.807, 2.05) is 0 Å². The van der Waals surface area contributed by atoms with Crippen molar-refractivity contribution in [2.45, 2.75) is 107 Å². The highest BCUT2D eigenvalue weighted by Gasteiger charge is 2.25. The third-order valence-corrected chi connectivity index (χ3v) is 5.97. The Balaban J connectivity index is 2.47. The molecule has 0 aliphatic heterocycles. The van der Waals surface area contributed by atoms with Crippen LogP contribution in [0, 0.1) is 25.7 Å². The van der Waals surface area contributed by atoms with E-state index in [-0.39, 0.29) is 10.8 Å². The summed E-state index contributed by atoms with van der Waals surface area (Å²) in [5, 5.41) is 0. The fraction of sp³-hybridized carbons (Fsp3) is 0.600. The van der Waals surface area contributed by atoms with Gasteiger partial charge in [-0.05, 0) is 83.7 Å². The van der Waals surface area contributed by atoms with Gasteiger partial charge in [-0.1, -0.05) is 81.4 Å². The van der Waals surface area contributed by atoms with Crippen molar-refractivity contribution in [1.82, 2.24) is 0 Å². The molecule has 0 heterocycles. The normalized spacial score (nSPS) is 12.6. The van der Waals surface area contributed by atoms with Gasteiger partial charge in [0, 0.05) is 11.1 Å². The Hall–Kier alpha value is -1.96.